The molecule has 1 aliphatic heterocycles. The fraction of sp³-hybridized carbons (Fsp3) is 0.457. The minimum Gasteiger partial charge on any atom is -0.467 e. The van der Waals surface area contributed by atoms with Crippen LogP contribution < -0.4 is 0 Å². The van der Waals surface area contributed by atoms with Crippen LogP contribution in [0, 0.1) is 5.82 Å². The summed E-state index contributed by atoms with van der Waals surface area (Å²) in [6.07, 6.45) is -7.17. The molecular formula is C35H36F7NO3. The number of alkyl halides is 6. The van der Waals surface area contributed by atoms with Gasteiger partial charge >= 0.3 is 18.3 Å². The Hall–Kier alpha value is -3.44. The van der Waals surface area contributed by atoms with Crippen molar-refractivity contribution in [3.05, 3.63) is 106 Å². The molecule has 46 heavy (non-hydrogen) atoms. The second kappa shape index (κ2) is 13.7. The van der Waals surface area contributed by atoms with Crippen LogP contribution in [0.2, 0.25) is 0 Å². The highest BCUT2D eigenvalue weighted by Gasteiger charge is 2.42. The fourth-order valence-corrected chi connectivity index (χ4v) is 6.94. The third-order valence-electron chi connectivity index (χ3n) is 9.54. The maximum Gasteiger partial charge on any atom is 0.416 e. The van der Waals surface area contributed by atoms with Gasteiger partial charge < -0.3 is 14.4 Å². The first-order valence-corrected chi connectivity index (χ1v) is 15.3. The number of halogens is 7. The van der Waals surface area contributed by atoms with E-state index in [0.29, 0.717) is 36.9 Å². The first-order chi connectivity index (χ1) is 21.8. The van der Waals surface area contributed by atoms with Gasteiger partial charge in [-0.1, -0.05) is 42.5 Å². The van der Waals surface area contributed by atoms with Gasteiger partial charge in [-0.2, -0.15) is 26.3 Å². The van der Waals surface area contributed by atoms with Crippen molar-refractivity contribution in [2.24, 2.45) is 0 Å². The Bertz CT molecular complexity index is 1430. The molecule has 1 atom stereocenters. The van der Waals surface area contributed by atoms with Crippen molar-refractivity contribution in [2.45, 2.75) is 74.4 Å². The number of carbonyl (C=O) groups excluding carboxylic acids is 1. The lowest BCUT2D eigenvalue weighted by molar-refractivity contribution is -0.157. The highest BCUT2D eigenvalue weighted by molar-refractivity contribution is 5.76. The van der Waals surface area contributed by atoms with E-state index in [1.54, 1.807) is 0 Å². The Morgan fingerprint density at radius 2 is 1.41 bits per heavy atom. The summed E-state index contributed by atoms with van der Waals surface area (Å²) in [5.41, 5.74) is -2.20. The first kappa shape index (κ1) is 33.9. The quantitative estimate of drug-likeness (QED) is 0.180. The van der Waals surface area contributed by atoms with E-state index in [0.717, 1.165) is 57.0 Å². The van der Waals surface area contributed by atoms with Crippen LogP contribution >= 0.6 is 0 Å². The van der Waals surface area contributed by atoms with E-state index < -0.39 is 46.5 Å². The van der Waals surface area contributed by atoms with Gasteiger partial charge in [-0.15, -0.1) is 0 Å². The molecule has 3 aromatic rings. The number of esters is 1. The Labute approximate surface area is 263 Å². The van der Waals surface area contributed by atoms with E-state index in [4.69, 9.17) is 9.47 Å². The molecule has 5 rings (SSSR count). The third-order valence-corrected chi connectivity index (χ3v) is 9.54. The van der Waals surface area contributed by atoms with Crippen molar-refractivity contribution in [1.29, 1.82) is 0 Å². The van der Waals surface area contributed by atoms with Gasteiger partial charge in [-0.3, -0.25) is 0 Å². The summed E-state index contributed by atoms with van der Waals surface area (Å²) in [7, 11) is 1.01. The summed E-state index contributed by atoms with van der Waals surface area (Å²) in [6.45, 7) is 1.68. The SMILES string of the molecule is COC(=O)C(OCC1(c2ccccc2)CCC(N2CCC(c3ccc(F)cc3)CC2)CC1)c1cc(C(F)(F)F)cc(C(F)(F)F)c1. The van der Waals surface area contributed by atoms with Crippen LogP contribution in [0.15, 0.2) is 72.8 Å². The molecule has 11 heteroatoms. The Kier molecular flexibility index (Phi) is 10.1. The van der Waals surface area contributed by atoms with Gasteiger partial charge in [0.05, 0.1) is 24.8 Å². The van der Waals surface area contributed by atoms with E-state index in [9.17, 15) is 35.5 Å². The van der Waals surface area contributed by atoms with Crippen molar-refractivity contribution in [3.63, 3.8) is 0 Å². The smallest absolute Gasteiger partial charge is 0.416 e. The summed E-state index contributed by atoms with van der Waals surface area (Å²) in [6, 6.07) is 17.4. The Balaban J connectivity index is 1.34. The topological polar surface area (TPSA) is 38.8 Å². The standard InChI is InChI=1S/C35H36F7NO3/c1-45-32(44)31(25-19-27(34(37,38)39)21-28(20-25)35(40,41)42)46-22-33(26-5-3-2-4-6-26)15-11-30(12-16-33)43-17-13-24(14-18-43)23-7-9-29(36)10-8-23/h2-10,19-21,24,30-31H,11-18,22H2,1H3. The number of hydrogen-bond acceptors (Lipinski definition) is 4. The molecule has 3 aromatic carbocycles. The maximum absolute atomic E-state index is 13.6. The number of methoxy groups -OCH3 is 1. The molecule has 0 spiro atoms. The molecule has 1 unspecified atom stereocenters. The number of ether oxygens (including phenoxy) is 2. The van der Waals surface area contributed by atoms with Gasteiger partial charge in [-0.05, 0) is 105 Å². The van der Waals surface area contributed by atoms with E-state index in [1.807, 2.05) is 42.5 Å². The minimum atomic E-state index is -5.08. The lowest BCUT2D eigenvalue weighted by Gasteiger charge is -2.46. The van der Waals surface area contributed by atoms with Crippen LogP contribution in [-0.4, -0.2) is 43.7 Å². The predicted octanol–water partition coefficient (Wildman–Crippen LogP) is 8.85. The molecule has 0 radical (unpaired) electrons. The molecule has 0 aromatic heterocycles. The minimum absolute atomic E-state index is 0.0209. The van der Waals surface area contributed by atoms with E-state index in [-0.39, 0.29) is 18.5 Å². The molecule has 248 valence electrons. The van der Waals surface area contributed by atoms with Crippen molar-refractivity contribution >= 4 is 5.97 Å². The highest BCUT2D eigenvalue weighted by atomic mass is 19.4. The van der Waals surface area contributed by atoms with Gasteiger partial charge in [0.1, 0.15) is 5.82 Å². The lowest BCUT2D eigenvalue weighted by atomic mass is 9.68. The number of hydrogen-bond donors (Lipinski definition) is 0. The van der Waals surface area contributed by atoms with Crippen molar-refractivity contribution in [2.75, 3.05) is 26.8 Å². The number of benzene rings is 3. The van der Waals surface area contributed by atoms with Crippen molar-refractivity contribution in [3.8, 4) is 0 Å². The van der Waals surface area contributed by atoms with Crippen molar-refractivity contribution < 1.29 is 45.0 Å². The molecule has 0 amide bonds. The number of piperidine rings is 1. The number of likely N-dealkylation sites (tertiary alicyclic amines) is 1. The zero-order valence-electron chi connectivity index (χ0n) is 25.3. The molecule has 1 aliphatic carbocycles. The van der Waals surface area contributed by atoms with Gasteiger partial charge in [0.15, 0.2) is 6.10 Å². The summed E-state index contributed by atoms with van der Waals surface area (Å²) in [5.74, 6) is -0.984. The fourth-order valence-electron chi connectivity index (χ4n) is 6.94. The summed E-state index contributed by atoms with van der Waals surface area (Å²) in [4.78, 5) is 15.3. The number of carbonyl (C=O) groups is 1. The van der Waals surface area contributed by atoms with Crippen LogP contribution in [0.25, 0.3) is 0 Å². The second-order valence-electron chi connectivity index (χ2n) is 12.3. The summed E-state index contributed by atoms with van der Waals surface area (Å²) in [5, 5.41) is 0. The molecule has 2 fully saturated rings. The maximum atomic E-state index is 13.6. The molecule has 1 saturated heterocycles. The number of nitrogens with zero attached hydrogens (tertiary/aromatic N) is 1. The molecule has 2 aliphatic rings. The van der Waals surface area contributed by atoms with Crippen LogP contribution in [0.4, 0.5) is 30.7 Å². The predicted molar refractivity (Wildman–Crippen MR) is 157 cm³/mol. The highest BCUT2D eigenvalue weighted by Crippen LogP contribution is 2.44. The average Bonchev–Trinajstić information content (AvgIpc) is 3.05. The van der Waals surface area contributed by atoms with Gasteiger partial charge in [-0.25, -0.2) is 9.18 Å². The normalized spacial score (nSPS) is 22.4. The zero-order chi connectivity index (χ0) is 33.1. The van der Waals surface area contributed by atoms with Crippen LogP contribution in [0.5, 0.6) is 0 Å². The summed E-state index contributed by atoms with van der Waals surface area (Å²) >= 11 is 0. The molecular weight excluding hydrogens is 615 g/mol. The molecule has 0 N–H and O–H groups in total. The average molecular weight is 652 g/mol. The number of rotatable bonds is 8. The van der Waals surface area contributed by atoms with Gasteiger partial charge in [0.25, 0.3) is 0 Å². The Morgan fingerprint density at radius 1 is 0.848 bits per heavy atom. The van der Waals surface area contributed by atoms with E-state index >= 15 is 0 Å². The first-order valence-electron chi connectivity index (χ1n) is 15.3. The van der Waals surface area contributed by atoms with E-state index in [1.165, 1.54) is 12.1 Å². The van der Waals surface area contributed by atoms with Gasteiger partial charge in [0, 0.05) is 11.5 Å². The lowest BCUT2D eigenvalue weighted by Crippen LogP contribution is -2.47. The summed E-state index contributed by atoms with van der Waals surface area (Å²) < 4.78 is 106. The molecule has 0 bridgehead atoms. The molecule has 1 saturated carbocycles. The van der Waals surface area contributed by atoms with Crippen LogP contribution in [0.1, 0.15) is 78.4 Å². The Morgan fingerprint density at radius 3 is 1.93 bits per heavy atom. The van der Waals surface area contributed by atoms with Crippen LogP contribution in [0.3, 0.4) is 0 Å². The van der Waals surface area contributed by atoms with Gasteiger partial charge in [0.2, 0.25) is 0 Å². The monoisotopic (exact) mass is 651 g/mol. The molecule has 4 nitrogen and oxygen atoms in total. The largest absolute Gasteiger partial charge is 0.467 e. The molecule has 1 heterocycles. The second-order valence-corrected chi connectivity index (χ2v) is 12.3. The third kappa shape index (κ3) is 7.74. The van der Waals surface area contributed by atoms with Crippen molar-refractivity contribution in [1.82, 2.24) is 4.90 Å². The van der Waals surface area contributed by atoms with Crippen LogP contribution in [-0.2, 0) is 32.0 Å². The zero-order valence-corrected chi connectivity index (χ0v) is 25.3. The van der Waals surface area contributed by atoms with E-state index in [2.05, 4.69) is 4.90 Å².